The second-order valence-electron chi connectivity index (χ2n) is 4.73. The van der Waals surface area contributed by atoms with Crippen molar-refractivity contribution in [1.82, 2.24) is 9.88 Å². The highest BCUT2D eigenvalue weighted by atomic mass is 32.1. The number of benzene rings is 1. The largest absolute Gasteiger partial charge is 0.506 e. The highest BCUT2D eigenvalue weighted by Crippen LogP contribution is 2.27. The first-order chi connectivity index (χ1) is 9.33. The Morgan fingerprint density at radius 2 is 1.95 bits per heavy atom. The van der Waals surface area contributed by atoms with E-state index < -0.39 is 0 Å². The van der Waals surface area contributed by atoms with E-state index in [1.165, 1.54) is 0 Å². The zero-order valence-corrected chi connectivity index (χ0v) is 11.5. The Kier molecular flexibility index (Phi) is 3.66. The van der Waals surface area contributed by atoms with Crippen molar-refractivity contribution in [2.24, 2.45) is 0 Å². The number of aromatic hydroxyl groups is 1. The predicted octanol–water partition coefficient (Wildman–Crippen LogP) is 2.17. The number of anilines is 1. The highest BCUT2D eigenvalue weighted by Gasteiger charge is 2.19. The summed E-state index contributed by atoms with van der Waals surface area (Å²) in [6.07, 6.45) is 0. The molecule has 0 unspecified atom stereocenters. The van der Waals surface area contributed by atoms with E-state index in [0.29, 0.717) is 5.75 Å². The van der Waals surface area contributed by atoms with Crippen LogP contribution in [0.5, 0.6) is 5.75 Å². The number of hydrogen-bond acceptors (Lipinski definition) is 5. The molecular weight excluding hydrogens is 258 g/mol. The third-order valence-corrected chi connectivity index (χ3v) is 4.10. The van der Waals surface area contributed by atoms with Crippen LogP contribution < -0.4 is 4.90 Å². The van der Waals surface area contributed by atoms with Crippen LogP contribution in [0.1, 0.15) is 5.69 Å². The van der Waals surface area contributed by atoms with Crippen molar-refractivity contribution in [1.29, 1.82) is 0 Å². The molecule has 0 atom stereocenters. The molecule has 1 fully saturated rings. The van der Waals surface area contributed by atoms with Gasteiger partial charge in [0, 0.05) is 38.1 Å². The quantitative estimate of drug-likeness (QED) is 0.932. The third-order valence-electron chi connectivity index (χ3n) is 3.46. The number of thiazole rings is 1. The maximum atomic E-state index is 9.87. The van der Waals surface area contributed by atoms with Gasteiger partial charge in [0.2, 0.25) is 0 Å². The van der Waals surface area contributed by atoms with Gasteiger partial charge in [0.1, 0.15) is 5.75 Å². The Bertz CT molecular complexity index is 521. The second kappa shape index (κ2) is 5.59. The van der Waals surface area contributed by atoms with Crippen LogP contribution in [0.4, 0.5) is 5.69 Å². The lowest BCUT2D eigenvalue weighted by atomic mass is 10.2. The Balaban J connectivity index is 1.59. The minimum Gasteiger partial charge on any atom is -0.506 e. The average molecular weight is 275 g/mol. The van der Waals surface area contributed by atoms with Gasteiger partial charge in [0.15, 0.2) is 0 Å². The van der Waals surface area contributed by atoms with Gasteiger partial charge in [-0.25, -0.2) is 4.98 Å². The zero-order valence-electron chi connectivity index (χ0n) is 10.7. The fourth-order valence-electron chi connectivity index (χ4n) is 2.42. The van der Waals surface area contributed by atoms with Crippen molar-refractivity contribution in [2.75, 3.05) is 31.1 Å². The van der Waals surface area contributed by atoms with Gasteiger partial charge in [-0.15, -0.1) is 11.3 Å². The summed E-state index contributed by atoms with van der Waals surface area (Å²) in [5, 5.41) is 12.0. The summed E-state index contributed by atoms with van der Waals surface area (Å²) in [6, 6.07) is 7.55. The minimum absolute atomic E-state index is 0.371. The van der Waals surface area contributed by atoms with Crippen LogP contribution in [-0.2, 0) is 6.54 Å². The molecule has 0 bridgehead atoms. The van der Waals surface area contributed by atoms with Gasteiger partial charge in [0.05, 0.1) is 16.9 Å². The van der Waals surface area contributed by atoms with Gasteiger partial charge in [-0.2, -0.15) is 0 Å². The van der Waals surface area contributed by atoms with Crippen molar-refractivity contribution < 1.29 is 5.11 Å². The lowest BCUT2D eigenvalue weighted by molar-refractivity contribution is 0.247. The van der Waals surface area contributed by atoms with E-state index in [2.05, 4.69) is 20.2 Å². The van der Waals surface area contributed by atoms with Crippen molar-refractivity contribution in [3.8, 4) is 5.75 Å². The van der Waals surface area contributed by atoms with Crippen LogP contribution in [0.25, 0.3) is 0 Å². The molecule has 2 heterocycles. The molecule has 0 saturated carbocycles. The first kappa shape index (κ1) is 12.4. The number of para-hydroxylation sites is 2. The third kappa shape index (κ3) is 2.88. The molecule has 3 rings (SSSR count). The first-order valence-electron chi connectivity index (χ1n) is 6.45. The van der Waals surface area contributed by atoms with Gasteiger partial charge in [0.25, 0.3) is 0 Å². The molecule has 100 valence electrons. The van der Waals surface area contributed by atoms with Crippen LogP contribution in [0.2, 0.25) is 0 Å². The number of phenolic OH excluding ortho intramolecular Hbond substituents is 1. The Morgan fingerprint density at radius 1 is 1.16 bits per heavy atom. The standard InChI is InChI=1S/C14H17N3OS/c18-14-4-2-1-3-13(14)17-7-5-16(6-8-17)9-12-10-19-11-15-12/h1-4,10-11,18H,5-9H2. The molecule has 5 heteroatoms. The van der Waals surface area contributed by atoms with Gasteiger partial charge in [-0.1, -0.05) is 12.1 Å². The lowest BCUT2D eigenvalue weighted by Gasteiger charge is -2.36. The van der Waals surface area contributed by atoms with E-state index in [0.717, 1.165) is 44.1 Å². The fraction of sp³-hybridized carbons (Fsp3) is 0.357. The number of nitrogens with zero attached hydrogens (tertiary/aromatic N) is 3. The molecule has 1 N–H and O–H groups in total. The van der Waals surface area contributed by atoms with Crippen LogP contribution in [0.3, 0.4) is 0 Å². The molecule has 0 amide bonds. The molecule has 1 aromatic carbocycles. The topological polar surface area (TPSA) is 39.6 Å². The average Bonchev–Trinajstić information content (AvgIpc) is 2.93. The minimum atomic E-state index is 0.371. The van der Waals surface area contributed by atoms with Crippen LogP contribution in [0, 0.1) is 0 Å². The van der Waals surface area contributed by atoms with E-state index >= 15 is 0 Å². The molecule has 19 heavy (non-hydrogen) atoms. The van der Waals surface area contributed by atoms with E-state index in [1.807, 2.05) is 23.7 Å². The van der Waals surface area contributed by atoms with Crippen LogP contribution in [-0.4, -0.2) is 41.2 Å². The number of rotatable bonds is 3. The number of phenols is 1. The maximum Gasteiger partial charge on any atom is 0.138 e. The van der Waals surface area contributed by atoms with E-state index in [1.54, 1.807) is 17.4 Å². The van der Waals surface area contributed by atoms with E-state index in [-0.39, 0.29) is 0 Å². The predicted molar refractivity (Wildman–Crippen MR) is 77.7 cm³/mol. The lowest BCUT2D eigenvalue weighted by Crippen LogP contribution is -2.46. The van der Waals surface area contributed by atoms with Crippen molar-refractivity contribution in [2.45, 2.75) is 6.54 Å². The molecule has 4 nitrogen and oxygen atoms in total. The van der Waals surface area contributed by atoms with Gasteiger partial charge in [-0.05, 0) is 12.1 Å². The van der Waals surface area contributed by atoms with Crippen LogP contribution >= 0.6 is 11.3 Å². The SMILES string of the molecule is Oc1ccccc1N1CCN(Cc2cscn2)CC1. The summed E-state index contributed by atoms with van der Waals surface area (Å²) in [5.74, 6) is 0.371. The molecule has 1 saturated heterocycles. The molecule has 0 radical (unpaired) electrons. The summed E-state index contributed by atoms with van der Waals surface area (Å²) < 4.78 is 0. The summed E-state index contributed by atoms with van der Waals surface area (Å²) in [6.45, 7) is 4.83. The van der Waals surface area contributed by atoms with Gasteiger partial charge < -0.3 is 10.0 Å². The fourth-order valence-corrected chi connectivity index (χ4v) is 2.97. The second-order valence-corrected chi connectivity index (χ2v) is 5.45. The Labute approximate surface area is 116 Å². The van der Waals surface area contributed by atoms with Gasteiger partial charge in [-0.3, -0.25) is 4.90 Å². The molecular formula is C14H17N3OS. The normalized spacial score (nSPS) is 16.7. The first-order valence-corrected chi connectivity index (χ1v) is 7.39. The van der Waals surface area contributed by atoms with Crippen LogP contribution in [0.15, 0.2) is 35.2 Å². The maximum absolute atomic E-state index is 9.87. The van der Waals surface area contributed by atoms with Gasteiger partial charge >= 0.3 is 0 Å². The summed E-state index contributed by atoms with van der Waals surface area (Å²) in [4.78, 5) is 8.98. The van der Waals surface area contributed by atoms with Crippen molar-refractivity contribution in [3.05, 3.63) is 40.8 Å². The monoisotopic (exact) mass is 275 g/mol. The summed E-state index contributed by atoms with van der Waals surface area (Å²) in [5.41, 5.74) is 3.98. The van der Waals surface area contributed by atoms with Crippen molar-refractivity contribution in [3.63, 3.8) is 0 Å². The highest BCUT2D eigenvalue weighted by molar-refractivity contribution is 7.07. The van der Waals surface area contributed by atoms with Crippen molar-refractivity contribution >= 4 is 17.0 Å². The number of hydrogen-bond donors (Lipinski definition) is 1. The summed E-state index contributed by atoms with van der Waals surface area (Å²) >= 11 is 1.65. The van der Waals surface area contributed by atoms with E-state index in [4.69, 9.17) is 0 Å². The molecule has 1 aliphatic rings. The molecule has 0 aliphatic carbocycles. The Morgan fingerprint density at radius 3 is 2.63 bits per heavy atom. The molecule has 1 aromatic heterocycles. The molecule has 2 aromatic rings. The number of piperazine rings is 1. The zero-order chi connectivity index (χ0) is 13.1. The Hall–Kier alpha value is -1.59. The summed E-state index contributed by atoms with van der Waals surface area (Å²) in [7, 11) is 0. The smallest absolute Gasteiger partial charge is 0.138 e. The molecule has 0 spiro atoms. The van der Waals surface area contributed by atoms with E-state index in [9.17, 15) is 5.11 Å². The molecule has 1 aliphatic heterocycles. The number of aromatic nitrogens is 1.